The Morgan fingerprint density at radius 1 is 1.39 bits per heavy atom. The molecule has 0 aromatic carbocycles. The highest BCUT2D eigenvalue weighted by molar-refractivity contribution is 7.15. The number of imidazole rings is 1. The van der Waals surface area contributed by atoms with Crippen molar-refractivity contribution in [1.29, 1.82) is 0 Å². The van der Waals surface area contributed by atoms with Crippen molar-refractivity contribution in [2.75, 3.05) is 7.11 Å². The van der Waals surface area contributed by atoms with E-state index in [2.05, 4.69) is 15.2 Å². The van der Waals surface area contributed by atoms with Crippen LogP contribution in [-0.4, -0.2) is 32.7 Å². The predicted octanol–water partition coefficient (Wildman–Crippen LogP) is 2.03. The van der Waals surface area contributed by atoms with Gasteiger partial charge in [0, 0.05) is 28.2 Å². The molecule has 0 bridgehead atoms. The van der Waals surface area contributed by atoms with E-state index in [0.29, 0.717) is 11.3 Å². The lowest BCUT2D eigenvalue weighted by Crippen LogP contribution is -2.19. The molecule has 0 aliphatic rings. The summed E-state index contributed by atoms with van der Waals surface area (Å²) in [6, 6.07) is 0. The van der Waals surface area contributed by atoms with Crippen LogP contribution >= 0.6 is 11.3 Å². The van der Waals surface area contributed by atoms with E-state index in [-0.39, 0.29) is 17.9 Å². The second-order valence-corrected chi connectivity index (χ2v) is 6.36. The first-order chi connectivity index (χ1) is 10.9. The van der Waals surface area contributed by atoms with E-state index >= 15 is 0 Å². The number of methoxy groups -OCH3 is 1. The summed E-state index contributed by atoms with van der Waals surface area (Å²) < 4.78 is 6.85. The first-order valence-corrected chi connectivity index (χ1v) is 8.09. The van der Waals surface area contributed by atoms with Crippen molar-refractivity contribution in [2.24, 2.45) is 0 Å². The number of H-pyrrole nitrogens is 2. The third kappa shape index (κ3) is 2.48. The SMILES string of the molecule is COC(=O)C[C@H](c1c(C)[nH][nH]c1=O)c1c(C)nc2scc(C)n12. The third-order valence-corrected chi connectivity index (χ3v) is 4.99. The normalized spacial score (nSPS) is 12.7. The molecule has 0 aliphatic carbocycles. The van der Waals surface area contributed by atoms with Crippen LogP contribution in [0, 0.1) is 20.8 Å². The van der Waals surface area contributed by atoms with Crippen molar-refractivity contribution >= 4 is 22.3 Å². The largest absolute Gasteiger partial charge is 0.469 e. The zero-order valence-electron chi connectivity index (χ0n) is 13.4. The average molecular weight is 334 g/mol. The van der Waals surface area contributed by atoms with Gasteiger partial charge in [-0.05, 0) is 20.8 Å². The Labute approximate surface area is 136 Å². The van der Waals surface area contributed by atoms with Crippen LogP contribution < -0.4 is 5.56 Å². The highest BCUT2D eigenvalue weighted by Crippen LogP contribution is 2.33. The molecular formula is C15H18N4O3S. The first-order valence-electron chi connectivity index (χ1n) is 7.21. The second-order valence-electron chi connectivity index (χ2n) is 5.53. The van der Waals surface area contributed by atoms with Crippen LogP contribution in [0.25, 0.3) is 4.96 Å². The van der Waals surface area contributed by atoms with Gasteiger partial charge in [-0.25, -0.2) is 4.98 Å². The minimum absolute atomic E-state index is 0.0855. The maximum absolute atomic E-state index is 12.3. The summed E-state index contributed by atoms with van der Waals surface area (Å²) >= 11 is 1.54. The molecule has 8 heteroatoms. The summed E-state index contributed by atoms with van der Waals surface area (Å²) in [5.41, 5.74) is 3.74. The monoisotopic (exact) mass is 334 g/mol. The van der Waals surface area contributed by atoms with Crippen molar-refractivity contribution in [3.05, 3.63) is 44.1 Å². The first kappa shape index (κ1) is 15.5. The topological polar surface area (TPSA) is 92.2 Å². The van der Waals surface area contributed by atoms with Crippen molar-refractivity contribution in [3.8, 4) is 0 Å². The number of carbonyl (C=O) groups is 1. The number of aryl methyl sites for hydroxylation is 3. The van der Waals surface area contributed by atoms with E-state index in [1.54, 1.807) is 0 Å². The van der Waals surface area contributed by atoms with Crippen LogP contribution in [0.5, 0.6) is 0 Å². The molecule has 0 aliphatic heterocycles. The van der Waals surface area contributed by atoms with Crippen LogP contribution in [0.2, 0.25) is 0 Å². The minimum atomic E-state index is -0.416. The Bertz CT molecular complexity index is 930. The van der Waals surface area contributed by atoms with Crippen LogP contribution in [-0.2, 0) is 9.53 Å². The van der Waals surface area contributed by atoms with E-state index < -0.39 is 5.92 Å². The van der Waals surface area contributed by atoms with Crippen LogP contribution in [0.4, 0.5) is 0 Å². The lowest BCUT2D eigenvalue weighted by molar-refractivity contribution is -0.140. The smallest absolute Gasteiger partial charge is 0.306 e. The minimum Gasteiger partial charge on any atom is -0.469 e. The fourth-order valence-electron chi connectivity index (χ4n) is 2.99. The molecule has 3 heterocycles. The Balaban J connectivity index is 2.26. The zero-order chi connectivity index (χ0) is 16.7. The molecule has 0 unspecified atom stereocenters. The van der Waals surface area contributed by atoms with E-state index in [0.717, 1.165) is 22.0 Å². The van der Waals surface area contributed by atoms with Crippen molar-refractivity contribution in [1.82, 2.24) is 19.6 Å². The Morgan fingerprint density at radius 3 is 2.74 bits per heavy atom. The average Bonchev–Trinajstić information content (AvgIpc) is 3.13. The van der Waals surface area contributed by atoms with Gasteiger partial charge in [0.15, 0.2) is 4.96 Å². The third-order valence-electron chi connectivity index (χ3n) is 4.04. The molecule has 1 atom stereocenters. The number of nitrogens with one attached hydrogen (secondary N) is 2. The van der Waals surface area contributed by atoms with E-state index in [1.165, 1.54) is 18.4 Å². The maximum atomic E-state index is 12.3. The standard InChI is InChI=1S/C15H18N4O3S/c1-7-6-23-15-16-9(3)13(19(7)15)10(5-11(20)22-4)12-8(2)17-18-14(12)21/h6,10H,5H2,1-4H3,(H2,17,18,21)/t10-/m1/s1. The summed E-state index contributed by atoms with van der Waals surface area (Å²) in [5.74, 6) is -0.780. The molecule has 3 rings (SSSR count). The number of fused-ring (bicyclic) bond motifs is 1. The molecule has 2 N–H and O–H groups in total. The molecule has 122 valence electrons. The summed E-state index contributed by atoms with van der Waals surface area (Å²) in [4.78, 5) is 29.6. The summed E-state index contributed by atoms with van der Waals surface area (Å²) in [6.45, 7) is 5.69. The molecular weight excluding hydrogens is 316 g/mol. The number of thiazole rings is 1. The second kappa shape index (κ2) is 5.69. The highest BCUT2D eigenvalue weighted by Gasteiger charge is 2.29. The molecule has 23 heavy (non-hydrogen) atoms. The molecule has 0 fully saturated rings. The van der Waals surface area contributed by atoms with Gasteiger partial charge >= 0.3 is 5.97 Å². The predicted molar refractivity (Wildman–Crippen MR) is 87.2 cm³/mol. The summed E-state index contributed by atoms with van der Waals surface area (Å²) in [6.07, 6.45) is 0.0855. The lowest BCUT2D eigenvalue weighted by Gasteiger charge is -2.16. The molecule has 7 nitrogen and oxygen atoms in total. The number of ether oxygens (including phenoxy) is 1. The summed E-state index contributed by atoms with van der Waals surface area (Å²) in [5, 5.41) is 7.43. The van der Waals surface area contributed by atoms with Gasteiger partial charge in [-0.15, -0.1) is 11.3 Å². The van der Waals surface area contributed by atoms with Gasteiger partial charge in [-0.2, -0.15) is 0 Å². The Kier molecular flexibility index (Phi) is 3.85. The van der Waals surface area contributed by atoms with Gasteiger partial charge in [0.2, 0.25) is 0 Å². The number of carbonyl (C=O) groups excluding carboxylic acids is 1. The van der Waals surface area contributed by atoms with Gasteiger partial charge in [0.25, 0.3) is 5.56 Å². The fourth-order valence-corrected chi connectivity index (χ4v) is 3.91. The maximum Gasteiger partial charge on any atom is 0.306 e. The molecule has 0 amide bonds. The van der Waals surface area contributed by atoms with Crippen molar-refractivity contribution in [2.45, 2.75) is 33.1 Å². The Hall–Kier alpha value is -2.35. The molecule has 3 aromatic heterocycles. The number of hydrogen-bond acceptors (Lipinski definition) is 5. The van der Waals surface area contributed by atoms with E-state index in [4.69, 9.17) is 4.74 Å². The van der Waals surface area contributed by atoms with Crippen molar-refractivity contribution in [3.63, 3.8) is 0 Å². The lowest BCUT2D eigenvalue weighted by atomic mass is 9.91. The molecule has 0 saturated heterocycles. The number of nitrogens with zero attached hydrogens (tertiary/aromatic N) is 2. The van der Waals surface area contributed by atoms with Crippen LogP contribution in [0.15, 0.2) is 10.2 Å². The molecule has 3 aromatic rings. The van der Waals surface area contributed by atoms with Crippen LogP contribution in [0.3, 0.4) is 0 Å². The molecule has 0 radical (unpaired) electrons. The van der Waals surface area contributed by atoms with E-state index in [9.17, 15) is 9.59 Å². The van der Waals surface area contributed by atoms with Gasteiger partial charge in [-0.1, -0.05) is 0 Å². The fraction of sp³-hybridized carbons (Fsp3) is 0.400. The number of rotatable bonds is 4. The van der Waals surface area contributed by atoms with E-state index in [1.807, 2.05) is 30.6 Å². The number of hydrogen-bond donors (Lipinski definition) is 2. The van der Waals surface area contributed by atoms with Gasteiger partial charge in [-0.3, -0.25) is 19.1 Å². The van der Waals surface area contributed by atoms with Gasteiger partial charge < -0.3 is 9.84 Å². The zero-order valence-corrected chi connectivity index (χ0v) is 14.2. The van der Waals surface area contributed by atoms with Gasteiger partial charge in [0.05, 0.1) is 24.9 Å². The molecule has 0 spiro atoms. The molecule has 0 saturated carbocycles. The number of esters is 1. The number of aromatic nitrogens is 4. The summed E-state index contributed by atoms with van der Waals surface area (Å²) in [7, 11) is 1.35. The quantitative estimate of drug-likeness (QED) is 0.714. The highest BCUT2D eigenvalue weighted by atomic mass is 32.1. The van der Waals surface area contributed by atoms with Crippen LogP contribution in [0.1, 0.15) is 40.7 Å². The number of aromatic amines is 2. The van der Waals surface area contributed by atoms with Crippen molar-refractivity contribution < 1.29 is 9.53 Å². The van der Waals surface area contributed by atoms with Gasteiger partial charge in [0.1, 0.15) is 0 Å². The Morgan fingerprint density at radius 2 is 2.13 bits per heavy atom.